The van der Waals surface area contributed by atoms with Gasteiger partial charge in [-0.25, -0.2) is 0 Å². The van der Waals surface area contributed by atoms with Crippen molar-refractivity contribution in [3.05, 3.63) is 35.9 Å². The van der Waals surface area contributed by atoms with Crippen molar-refractivity contribution in [2.45, 2.75) is 70.8 Å². The molecule has 3 heterocycles. The van der Waals surface area contributed by atoms with Crippen molar-refractivity contribution in [2.75, 3.05) is 38.2 Å². The highest BCUT2D eigenvalue weighted by Gasteiger charge is 2.39. The summed E-state index contributed by atoms with van der Waals surface area (Å²) in [5.74, 6) is 2.33. The lowest BCUT2D eigenvalue weighted by molar-refractivity contribution is 0.0305. The smallest absolute Gasteiger partial charge is 0.151 e. The molecule has 2 aliphatic heterocycles. The molecule has 1 aliphatic carbocycles. The van der Waals surface area contributed by atoms with Crippen LogP contribution in [0, 0.1) is 5.41 Å². The highest BCUT2D eigenvalue weighted by Crippen LogP contribution is 2.43. The second kappa shape index (κ2) is 9.01. The minimum atomic E-state index is 0.466. The van der Waals surface area contributed by atoms with Gasteiger partial charge in [0.05, 0.1) is 12.8 Å². The molecule has 32 heavy (non-hydrogen) atoms. The Morgan fingerprint density at radius 2 is 1.66 bits per heavy atom. The Morgan fingerprint density at radius 1 is 0.938 bits per heavy atom. The molecule has 0 atom stereocenters. The summed E-state index contributed by atoms with van der Waals surface area (Å²) >= 11 is 0. The van der Waals surface area contributed by atoms with Gasteiger partial charge in [-0.05, 0) is 92.8 Å². The molecule has 2 saturated heterocycles. The molecule has 0 radical (unpaired) electrons. The Morgan fingerprint density at radius 3 is 2.22 bits per heavy atom. The molecule has 0 unspecified atom stereocenters. The molecule has 5 heteroatoms. The fourth-order valence-corrected chi connectivity index (χ4v) is 5.75. The molecule has 0 bridgehead atoms. The third-order valence-corrected chi connectivity index (χ3v) is 8.41. The van der Waals surface area contributed by atoms with E-state index in [0.717, 1.165) is 42.0 Å². The zero-order chi connectivity index (χ0) is 22.1. The standard InChI is InChI=1S/C27H38N4O/c1-20(2)21-7-9-25(32-3)23(19-21)24-8-10-26(29-28-24)31-17-13-27(14-18-31)11-15-30(16-12-27)22-5-4-6-22/h7-10,19-20,22H,4-6,11-18H2,1-3H3. The maximum atomic E-state index is 5.60. The van der Waals surface area contributed by atoms with E-state index >= 15 is 0 Å². The highest BCUT2D eigenvalue weighted by molar-refractivity contribution is 5.68. The zero-order valence-corrected chi connectivity index (χ0v) is 20.0. The largest absolute Gasteiger partial charge is 0.496 e. The first-order chi connectivity index (χ1) is 15.6. The van der Waals surface area contributed by atoms with Gasteiger partial charge >= 0.3 is 0 Å². The van der Waals surface area contributed by atoms with Crippen LogP contribution in [0.25, 0.3) is 11.3 Å². The van der Waals surface area contributed by atoms with Crippen molar-refractivity contribution in [1.82, 2.24) is 15.1 Å². The lowest BCUT2D eigenvalue weighted by Crippen LogP contribution is -2.51. The topological polar surface area (TPSA) is 41.5 Å². The van der Waals surface area contributed by atoms with Gasteiger partial charge in [-0.3, -0.25) is 0 Å². The Bertz CT molecular complexity index is 904. The van der Waals surface area contributed by atoms with E-state index in [2.05, 4.69) is 58.1 Å². The van der Waals surface area contributed by atoms with Crippen LogP contribution >= 0.6 is 0 Å². The normalized spacial score (nSPS) is 21.7. The second-order valence-electron chi connectivity index (χ2n) is 10.5. The Hall–Kier alpha value is -2.14. The van der Waals surface area contributed by atoms with Crippen LogP contribution in [0.3, 0.4) is 0 Å². The van der Waals surface area contributed by atoms with Gasteiger partial charge in [0.1, 0.15) is 5.75 Å². The zero-order valence-electron chi connectivity index (χ0n) is 20.0. The SMILES string of the molecule is COc1ccc(C(C)C)cc1-c1ccc(N2CCC3(CC2)CCN(C2CCC2)CC3)nn1. The number of aromatic nitrogens is 2. The first kappa shape index (κ1) is 21.7. The number of piperidine rings is 2. The van der Waals surface area contributed by atoms with Gasteiger partial charge in [-0.15, -0.1) is 10.2 Å². The molecule has 5 rings (SSSR count). The van der Waals surface area contributed by atoms with Crippen LogP contribution in [0.4, 0.5) is 5.82 Å². The number of methoxy groups -OCH3 is 1. The highest BCUT2D eigenvalue weighted by atomic mass is 16.5. The first-order valence-corrected chi connectivity index (χ1v) is 12.6. The molecular formula is C27H38N4O. The Balaban J connectivity index is 1.23. The number of likely N-dealkylation sites (tertiary alicyclic amines) is 1. The summed E-state index contributed by atoms with van der Waals surface area (Å²) in [5.41, 5.74) is 3.75. The number of nitrogens with zero attached hydrogens (tertiary/aromatic N) is 4. The van der Waals surface area contributed by atoms with Crippen LogP contribution in [-0.4, -0.2) is 54.4 Å². The number of hydrogen-bond acceptors (Lipinski definition) is 5. The van der Waals surface area contributed by atoms with Crippen molar-refractivity contribution in [3.8, 4) is 17.0 Å². The number of rotatable bonds is 5. The van der Waals surface area contributed by atoms with Gasteiger partial charge < -0.3 is 14.5 Å². The fraction of sp³-hybridized carbons (Fsp3) is 0.630. The molecular weight excluding hydrogens is 396 g/mol. The average Bonchev–Trinajstić information content (AvgIpc) is 2.80. The monoisotopic (exact) mass is 434 g/mol. The second-order valence-corrected chi connectivity index (χ2v) is 10.5. The van der Waals surface area contributed by atoms with E-state index in [-0.39, 0.29) is 0 Å². The van der Waals surface area contributed by atoms with Crippen LogP contribution < -0.4 is 9.64 Å². The number of benzene rings is 1. The van der Waals surface area contributed by atoms with Gasteiger partial charge in [0.25, 0.3) is 0 Å². The minimum absolute atomic E-state index is 0.466. The molecule has 1 aromatic heterocycles. The number of hydrogen-bond donors (Lipinski definition) is 0. The third-order valence-electron chi connectivity index (χ3n) is 8.41. The predicted molar refractivity (Wildman–Crippen MR) is 130 cm³/mol. The Labute approximate surface area is 193 Å². The summed E-state index contributed by atoms with van der Waals surface area (Å²) < 4.78 is 5.60. The lowest BCUT2D eigenvalue weighted by Gasteiger charge is -2.50. The van der Waals surface area contributed by atoms with Gasteiger partial charge in [0, 0.05) is 24.7 Å². The molecule has 5 nitrogen and oxygen atoms in total. The van der Waals surface area contributed by atoms with Gasteiger partial charge in [0.15, 0.2) is 5.82 Å². The number of ether oxygens (including phenoxy) is 1. The van der Waals surface area contributed by atoms with Crippen LogP contribution in [0.1, 0.15) is 70.3 Å². The summed E-state index contributed by atoms with van der Waals surface area (Å²) in [6.45, 7) is 9.25. The summed E-state index contributed by atoms with van der Waals surface area (Å²) in [5, 5.41) is 9.23. The molecule has 3 aliphatic rings. The predicted octanol–water partition coefficient (Wildman–Crippen LogP) is 5.51. The van der Waals surface area contributed by atoms with E-state index in [4.69, 9.17) is 4.74 Å². The first-order valence-electron chi connectivity index (χ1n) is 12.6. The van der Waals surface area contributed by atoms with Gasteiger partial charge in [0.2, 0.25) is 0 Å². The van der Waals surface area contributed by atoms with E-state index in [1.165, 1.54) is 63.6 Å². The van der Waals surface area contributed by atoms with Crippen molar-refractivity contribution in [2.24, 2.45) is 5.41 Å². The van der Waals surface area contributed by atoms with E-state index in [0.29, 0.717) is 11.3 Å². The van der Waals surface area contributed by atoms with Crippen LogP contribution in [-0.2, 0) is 0 Å². The quantitative estimate of drug-likeness (QED) is 0.621. The van der Waals surface area contributed by atoms with Crippen molar-refractivity contribution >= 4 is 5.82 Å². The summed E-state index contributed by atoms with van der Waals surface area (Å²) in [6, 6.07) is 11.5. The summed E-state index contributed by atoms with van der Waals surface area (Å²) in [4.78, 5) is 5.20. The van der Waals surface area contributed by atoms with Crippen molar-refractivity contribution in [3.63, 3.8) is 0 Å². The fourth-order valence-electron chi connectivity index (χ4n) is 5.75. The van der Waals surface area contributed by atoms with Crippen molar-refractivity contribution in [1.29, 1.82) is 0 Å². The van der Waals surface area contributed by atoms with E-state index in [1.807, 2.05) is 6.07 Å². The van der Waals surface area contributed by atoms with E-state index in [1.54, 1.807) is 7.11 Å². The van der Waals surface area contributed by atoms with Gasteiger partial charge in [-0.1, -0.05) is 26.3 Å². The van der Waals surface area contributed by atoms with Crippen LogP contribution in [0.15, 0.2) is 30.3 Å². The van der Waals surface area contributed by atoms with E-state index in [9.17, 15) is 0 Å². The summed E-state index contributed by atoms with van der Waals surface area (Å²) in [7, 11) is 1.72. The van der Waals surface area contributed by atoms with Crippen LogP contribution in [0.5, 0.6) is 5.75 Å². The molecule has 1 spiro atoms. The maximum absolute atomic E-state index is 5.60. The molecule has 2 aromatic rings. The van der Waals surface area contributed by atoms with E-state index < -0.39 is 0 Å². The number of anilines is 1. The average molecular weight is 435 g/mol. The summed E-state index contributed by atoms with van der Waals surface area (Å²) in [6.07, 6.45) is 9.66. The van der Waals surface area contributed by atoms with Crippen LogP contribution in [0.2, 0.25) is 0 Å². The van der Waals surface area contributed by atoms with Crippen molar-refractivity contribution < 1.29 is 4.74 Å². The molecule has 1 saturated carbocycles. The lowest BCUT2D eigenvalue weighted by atomic mass is 9.70. The minimum Gasteiger partial charge on any atom is -0.496 e. The molecule has 3 fully saturated rings. The maximum Gasteiger partial charge on any atom is 0.151 e. The van der Waals surface area contributed by atoms with Gasteiger partial charge in [-0.2, -0.15) is 0 Å². The molecule has 172 valence electrons. The molecule has 0 N–H and O–H groups in total. The molecule has 1 aromatic carbocycles. The third kappa shape index (κ3) is 4.24. The Kier molecular flexibility index (Phi) is 6.11. The molecule has 0 amide bonds.